The SMILES string of the molecule is CC/C=C(\SC)C(C(=O)Oc1ccc(Cl)cc1)C(O)c1cccnc1. The van der Waals surface area contributed by atoms with E-state index in [1.807, 2.05) is 19.3 Å². The maximum atomic E-state index is 12.8. The van der Waals surface area contributed by atoms with Crippen molar-refractivity contribution in [3.05, 3.63) is 70.4 Å². The van der Waals surface area contributed by atoms with Crippen LogP contribution in [0.5, 0.6) is 5.75 Å². The molecule has 0 aliphatic rings. The highest BCUT2D eigenvalue weighted by molar-refractivity contribution is 8.02. The molecule has 1 aromatic heterocycles. The van der Waals surface area contributed by atoms with Crippen LogP contribution < -0.4 is 4.74 Å². The third-order valence-corrected chi connectivity index (χ3v) is 4.72. The molecule has 0 aliphatic carbocycles. The maximum Gasteiger partial charge on any atom is 0.322 e. The lowest BCUT2D eigenvalue weighted by Gasteiger charge is -2.23. The molecule has 1 aromatic carbocycles. The molecule has 6 heteroatoms. The summed E-state index contributed by atoms with van der Waals surface area (Å²) in [5, 5.41) is 11.3. The number of hydrogen-bond donors (Lipinski definition) is 1. The summed E-state index contributed by atoms with van der Waals surface area (Å²) in [5.41, 5.74) is 0.566. The number of halogens is 1. The topological polar surface area (TPSA) is 59.4 Å². The van der Waals surface area contributed by atoms with E-state index in [0.29, 0.717) is 16.3 Å². The molecule has 132 valence electrons. The van der Waals surface area contributed by atoms with Crippen molar-refractivity contribution in [2.45, 2.75) is 19.4 Å². The summed E-state index contributed by atoms with van der Waals surface area (Å²) in [6, 6.07) is 10.0. The zero-order valence-electron chi connectivity index (χ0n) is 14.1. The van der Waals surface area contributed by atoms with Gasteiger partial charge in [0.2, 0.25) is 0 Å². The molecule has 2 aromatic rings. The summed E-state index contributed by atoms with van der Waals surface area (Å²) >= 11 is 7.28. The Kier molecular flexibility index (Phi) is 7.50. The molecule has 25 heavy (non-hydrogen) atoms. The standard InChI is InChI=1S/C19H20ClNO3S/c1-3-5-16(25-2)17(18(22)13-6-4-11-21-12-13)19(23)24-15-9-7-14(20)8-10-15/h4-12,17-18,22H,3H2,1-2H3/b16-5-. The molecule has 0 amide bonds. The molecule has 0 bridgehead atoms. The second kappa shape index (κ2) is 9.61. The first-order valence-corrected chi connectivity index (χ1v) is 9.46. The molecule has 2 atom stereocenters. The van der Waals surface area contributed by atoms with Gasteiger partial charge < -0.3 is 9.84 Å². The Morgan fingerprint density at radius 1 is 1.36 bits per heavy atom. The van der Waals surface area contributed by atoms with Gasteiger partial charge in [-0.2, -0.15) is 0 Å². The first-order chi connectivity index (χ1) is 12.1. The van der Waals surface area contributed by atoms with Crippen LogP contribution in [0, 0.1) is 5.92 Å². The van der Waals surface area contributed by atoms with Crippen LogP contribution in [0.25, 0.3) is 0 Å². The monoisotopic (exact) mass is 377 g/mol. The number of aliphatic hydroxyl groups is 1. The van der Waals surface area contributed by atoms with Crippen LogP contribution in [0.1, 0.15) is 25.0 Å². The van der Waals surface area contributed by atoms with Crippen molar-refractivity contribution >= 4 is 29.3 Å². The number of carbonyl (C=O) groups is 1. The number of hydrogen-bond acceptors (Lipinski definition) is 5. The average molecular weight is 378 g/mol. The first-order valence-electron chi connectivity index (χ1n) is 7.86. The lowest BCUT2D eigenvalue weighted by atomic mass is 9.95. The van der Waals surface area contributed by atoms with Crippen LogP contribution in [0.4, 0.5) is 0 Å². The molecule has 0 saturated heterocycles. The second-order valence-electron chi connectivity index (χ2n) is 5.30. The van der Waals surface area contributed by atoms with Crippen molar-refractivity contribution in [1.82, 2.24) is 4.98 Å². The van der Waals surface area contributed by atoms with Crippen LogP contribution in [0.3, 0.4) is 0 Å². The molecule has 0 aliphatic heterocycles. The van der Waals surface area contributed by atoms with Gasteiger partial charge in [-0.3, -0.25) is 9.78 Å². The minimum Gasteiger partial charge on any atom is -0.426 e. The Morgan fingerprint density at radius 3 is 2.64 bits per heavy atom. The third-order valence-electron chi connectivity index (χ3n) is 3.58. The molecule has 0 radical (unpaired) electrons. The number of aromatic nitrogens is 1. The summed E-state index contributed by atoms with van der Waals surface area (Å²) in [6.45, 7) is 1.98. The van der Waals surface area contributed by atoms with Crippen molar-refractivity contribution in [2.75, 3.05) is 6.26 Å². The van der Waals surface area contributed by atoms with E-state index in [0.717, 1.165) is 11.3 Å². The molecule has 0 spiro atoms. The summed E-state index contributed by atoms with van der Waals surface area (Å²) in [5.74, 6) is -0.961. The van der Waals surface area contributed by atoms with Gasteiger partial charge in [0.05, 0.1) is 6.10 Å². The van der Waals surface area contributed by atoms with Gasteiger partial charge in [0.25, 0.3) is 0 Å². The molecule has 1 heterocycles. The maximum absolute atomic E-state index is 12.8. The van der Waals surface area contributed by atoms with Crippen LogP contribution in [-0.4, -0.2) is 22.3 Å². The number of allylic oxidation sites excluding steroid dienone is 1. The van der Waals surface area contributed by atoms with Crippen LogP contribution >= 0.6 is 23.4 Å². The fraction of sp³-hybridized carbons (Fsp3) is 0.263. The van der Waals surface area contributed by atoms with Crippen LogP contribution in [0.2, 0.25) is 5.02 Å². The molecule has 2 rings (SSSR count). The number of nitrogens with zero attached hydrogens (tertiary/aromatic N) is 1. The fourth-order valence-corrected chi connectivity index (χ4v) is 3.30. The summed E-state index contributed by atoms with van der Waals surface area (Å²) in [6.07, 6.45) is 6.68. The van der Waals surface area contributed by atoms with Gasteiger partial charge in [-0.25, -0.2) is 0 Å². The average Bonchev–Trinajstić information content (AvgIpc) is 2.63. The Bertz CT molecular complexity index is 719. The highest BCUT2D eigenvalue weighted by Crippen LogP contribution is 2.35. The normalized spacial score (nSPS) is 14.0. The van der Waals surface area contributed by atoms with Gasteiger partial charge in [-0.1, -0.05) is 30.7 Å². The summed E-state index contributed by atoms with van der Waals surface area (Å²) < 4.78 is 5.47. The second-order valence-corrected chi connectivity index (χ2v) is 6.62. The Balaban J connectivity index is 2.31. The van der Waals surface area contributed by atoms with Gasteiger partial charge in [0.1, 0.15) is 11.7 Å². The van der Waals surface area contributed by atoms with Crippen molar-refractivity contribution in [3.8, 4) is 5.75 Å². The number of rotatable bonds is 7. The summed E-state index contributed by atoms with van der Waals surface area (Å²) in [7, 11) is 0. The number of benzene rings is 1. The van der Waals surface area contributed by atoms with E-state index in [4.69, 9.17) is 16.3 Å². The Hall–Kier alpha value is -1.82. The minimum atomic E-state index is -1.04. The quantitative estimate of drug-likeness (QED) is 0.562. The molecular formula is C19H20ClNO3S. The van der Waals surface area contributed by atoms with E-state index < -0.39 is 18.0 Å². The fourth-order valence-electron chi connectivity index (χ4n) is 2.36. The lowest BCUT2D eigenvalue weighted by molar-refractivity contribution is -0.140. The molecule has 1 N–H and O–H groups in total. The van der Waals surface area contributed by atoms with Crippen molar-refractivity contribution in [1.29, 1.82) is 0 Å². The van der Waals surface area contributed by atoms with Gasteiger partial charge in [0.15, 0.2) is 0 Å². The number of pyridine rings is 1. The van der Waals surface area contributed by atoms with Crippen molar-refractivity contribution in [3.63, 3.8) is 0 Å². The van der Waals surface area contributed by atoms with Gasteiger partial charge in [-0.15, -0.1) is 11.8 Å². The van der Waals surface area contributed by atoms with E-state index in [-0.39, 0.29) is 0 Å². The minimum absolute atomic E-state index is 0.384. The smallest absolute Gasteiger partial charge is 0.322 e. The molecule has 0 fully saturated rings. The predicted octanol–water partition coefficient (Wildman–Crippen LogP) is 4.65. The van der Waals surface area contributed by atoms with Crippen LogP contribution in [0.15, 0.2) is 59.8 Å². The Morgan fingerprint density at radius 2 is 2.08 bits per heavy atom. The largest absolute Gasteiger partial charge is 0.426 e. The predicted molar refractivity (Wildman–Crippen MR) is 102 cm³/mol. The molecular weight excluding hydrogens is 358 g/mol. The Labute approximate surface area is 156 Å². The first kappa shape index (κ1) is 19.5. The number of carbonyl (C=O) groups excluding carboxylic acids is 1. The summed E-state index contributed by atoms with van der Waals surface area (Å²) in [4.78, 5) is 17.6. The van der Waals surface area contributed by atoms with Crippen molar-refractivity contribution < 1.29 is 14.6 Å². The van der Waals surface area contributed by atoms with E-state index in [1.165, 1.54) is 11.8 Å². The zero-order chi connectivity index (χ0) is 18.2. The van der Waals surface area contributed by atoms with Gasteiger partial charge in [-0.05, 0) is 47.9 Å². The third kappa shape index (κ3) is 5.33. The van der Waals surface area contributed by atoms with Crippen LogP contribution in [-0.2, 0) is 4.79 Å². The number of aliphatic hydroxyl groups excluding tert-OH is 1. The number of thioether (sulfide) groups is 1. The van der Waals surface area contributed by atoms with E-state index >= 15 is 0 Å². The highest BCUT2D eigenvalue weighted by Gasteiger charge is 2.33. The van der Waals surface area contributed by atoms with E-state index in [9.17, 15) is 9.90 Å². The lowest BCUT2D eigenvalue weighted by Crippen LogP contribution is -2.28. The highest BCUT2D eigenvalue weighted by atomic mass is 35.5. The van der Waals surface area contributed by atoms with Crippen molar-refractivity contribution in [2.24, 2.45) is 5.92 Å². The molecule has 4 nitrogen and oxygen atoms in total. The van der Waals surface area contributed by atoms with Gasteiger partial charge in [0, 0.05) is 23.0 Å². The van der Waals surface area contributed by atoms with E-state index in [1.54, 1.807) is 48.8 Å². The number of esters is 1. The molecule has 2 unspecified atom stereocenters. The van der Waals surface area contributed by atoms with Gasteiger partial charge >= 0.3 is 5.97 Å². The van der Waals surface area contributed by atoms with E-state index in [2.05, 4.69) is 4.98 Å². The zero-order valence-corrected chi connectivity index (χ0v) is 15.6. The molecule has 0 saturated carbocycles. The number of ether oxygens (including phenoxy) is 1.